The third-order valence-corrected chi connectivity index (χ3v) is 8.39. The zero-order chi connectivity index (χ0) is 27.8. The monoisotopic (exact) mass is 573 g/mol. The fourth-order valence-electron chi connectivity index (χ4n) is 5.87. The van der Waals surface area contributed by atoms with Crippen LogP contribution in [0.2, 0.25) is 5.02 Å². The van der Waals surface area contributed by atoms with E-state index >= 15 is 0 Å². The zero-order valence-electron chi connectivity index (χ0n) is 22.8. The van der Waals surface area contributed by atoms with Crippen molar-refractivity contribution in [2.45, 2.75) is 25.9 Å². The van der Waals surface area contributed by atoms with Gasteiger partial charge in [0.05, 0.1) is 43.1 Å². The molecule has 2 aromatic carbocycles. The van der Waals surface area contributed by atoms with Gasteiger partial charge in [-0.25, -0.2) is 0 Å². The van der Waals surface area contributed by atoms with Gasteiger partial charge in [-0.15, -0.1) is 0 Å². The number of rotatable bonds is 6. The van der Waals surface area contributed by atoms with Crippen LogP contribution < -0.4 is 19.9 Å². The summed E-state index contributed by atoms with van der Waals surface area (Å²) in [5.41, 5.74) is 7.64. The third kappa shape index (κ3) is 4.80. The van der Waals surface area contributed by atoms with E-state index in [9.17, 15) is 0 Å². The molecule has 0 spiro atoms. The van der Waals surface area contributed by atoms with Gasteiger partial charge in [0, 0.05) is 47.7 Å². The molecule has 2 fully saturated rings. The van der Waals surface area contributed by atoms with E-state index in [1.807, 2.05) is 42.6 Å². The van der Waals surface area contributed by atoms with E-state index in [-0.39, 0.29) is 12.1 Å². The smallest absolute Gasteiger partial charge is 0.174 e. The van der Waals surface area contributed by atoms with Crippen LogP contribution in [0.4, 0.5) is 11.4 Å². The van der Waals surface area contributed by atoms with Crippen LogP contribution in [-0.2, 0) is 4.74 Å². The first-order valence-electron chi connectivity index (χ1n) is 13.4. The van der Waals surface area contributed by atoms with Crippen molar-refractivity contribution in [3.8, 4) is 11.4 Å². The predicted molar refractivity (Wildman–Crippen MR) is 164 cm³/mol. The molecule has 206 valence electrons. The van der Waals surface area contributed by atoms with Crippen LogP contribution in [0.3, 0.4) is 0 Å². The number of halogens is 1. The van der Waals surface area contributed by atoms with E-state index in [0.29, 0.717) is 15.9 Å². The number of benzene rings is 2. The number of pyridine rings is 1. The molecule has 0 amide bonds. The first-order chi connectivity index (χ1) is 19.5. The summed E-state index contributed by atoms with van der Waals surface area (Å²) in [5, 5.41) is 4.71. The van der Waals surface area contributed by atoms with Crippen molar-refractivity contribution in [2.75, 3.05) is 43.2 Å². The van der Waals surface area contributed by atoms with Crippen LogP contribution in [0, 0.1) is 13.8 Å². The first kappa shape index (κ1) is 26.6. The second-order valence-electron chi connectivity index (χ2n) is 10.1. The molecule has 0 aliphatic carbocycles. The van der Waals surface area contributed by atoms with Gasteiger partial charge in [-0.05, 0) is 92.3 Å². The van der Waals surface area contributed by atoms with E-state index in [1.165, 1.54) is 11.3 Å². The summed E-state index contributed by atoms with van der Waals surface area (Å²) < 4.78 is 13.2. The second-order valence-corrected chi connectivity index (χ2v) is 10.9. The molecule has 2 aliphatic heterocycles. The number of thiocarbonyl (C=S) groups is 1. The average molecular weight is 574 g/mol. The van der Waals surface area contributed by atoms with Gasteiger partial charge in [0.25, 0.3) is 0 Å². The minimum Gasteiger partial charge on any atom is -0.495 e. The van der Waals surface area contributed by atoms with Crippen molar-refractivity contribution in [3.05, 3.63) is 101 Å². The summed E-state index contributed by atoms with van der Waals surface area (Å²) in [5.74, 6) is 0.625. The van der Waals surface area contributed by atoms with Crippen LogP contribution in [-0.4, -0.2) is 48.1 Å². The summed E-state index contributed by atoms with van der Waals surface area (Å²) in [6.07, 6.45) is 1.82. The van der Waals surface area contributed by atoms with Gasteiger partial charge in [0.1, 0.15) is 5.75 Å². The van der Waals surface area contributed by atoms with Crippen LogP contribution in [0.25, 0.3) is 5.69 Å². The van der Waals surface area contributed by atoms with Crippen molar-refractivity contribution < 1.29 is 9.47 Å². The van der Waals surface area contributed by atoms with E-state index in [2.05, 4.69) is 63.9 Å². The molecular weight excluding hydrogens is 542 g/mol. The number of hydrogen-bond donors (Lipinski definition) is 1. The highest BCUT2D eigenvalue weighted by atomic mass is 35.5. The Balaban J connectivity index is 1.42. The molecule has 0 unspecified atom stereocenters. The largest absolute Gasteiger partial charge is 0.495 e. The second kappa shape index (κ2) is 11.1. The normalized spacial score (nSPS) is 19.1. The van der Waals surface area contributed by atoms with E-state index in [1.54, 1.807) is 7.11 Å². The Morgan fingerprint density at radius 3 is 2.38 bits per heavy atom. The molecule has 2 saturated heterocycles. The van der Waals surface area contributed by atoms with Crippen LogP contribution >= 0.6 is 23.8 Å². The van der Waals surface area contributed by atoms with Crippen molar-refractivity contribution in [1.82, 2.24) is 14.9 Å². The summed E-state index contributed by atoms with van der Waals surface area (Å²) in [6, 6.07) is 22.5. The molecule has 40 heavy (non-hydrogen) atoms. The molecule has 7 nitrogen and oxygen atoms in total. The molecule has 1 N–H and O–H groups in total. The number of aryl methyl sites for hydroxylation is 1. The zero-order valence-corrected chi connectivity index (χ0v) is 24.4. The lowest BCUT2D eigenvalue weighted by Gasteiger charge is -2.29. The maximum atomic E-state index is 6.57. The maximum Gasteiger partial charge on any atom is 0.174 e. The van der Waals surface area contributed by atoms with Gasteiger partial charge in [-0.3, -0.25) is 4.98 Å². The molecule has 4 aromatic rings. The highest BCUT2D eigenvalue weighted by Gasteiger charge is 2.42. The highest BCUT2D eigenvalue weighted by molar-refractivity contribution is 7.80. The maximum absolute atomic E-state index is 6.57. The number of aromatic nitrogens is 2. The lowest BCUT2D eigenvalue weighted by atomic mass is 9.96. The molecule has 2 aliphatic rings. The standard InChI is InChI=1S/C31H32ClN5O2S/c1-20-18-25(21(2)36(20)23-9-7-22(8-10-23)35-14-16-39-17-15-35)30-29(27-6-4-5-13-33-27)34-31(40)37(30)24-11-12-28(38-3)26(32)19-24/h4-13,18-19,29-30H,14-17H2,1-3H3,(H,34,40)/t29-,30+/m1/s1. The summed E-state index contributed by atoms with van der Waals surface area (Å²) >= 11 is 12.5. The number of methoxy groups -OCH3 is 1. The highest BCUT2D eigenvalue weighted by Crippen LogP contribution is 2.45. The summed E-state index contributed by atoms with van der Waals surface area (Å²) in [6.45, 7) is 7.70. The molecule has 2 atom stereocenters. The number of ether oxygens (including phenoxy) is 2. The fraction of sp³-hybridized carbons (Fsp3) is 0.290. The predicted octanol–water partition coefficient (Wildman–Crippen LogP) is 6.16. The lowest BCUT2D eigenvalue weighted by molar-refractivity contribution is 0.122. The van der Waals surface area contributed by atoms with Gasteiger partial charge in [-0.2, -0.15) is 0 Å². The number of anilines is 2. The molecule has 0 saturated carbocycles. The molecule has 0 bridgehead atoms. The van der Waals surface area contributed by atoms with Crippen LogP contribution in [0.15, 0.2) is 72.9 Å². The average Bonchev–Trinajstić information content (AvgIpc) is 3.48. The fourth-order valence-corrected chi connectivity index (χ4v) is 6.47. The number of nitrogens with zero attached hydrogens (tertiary/aromatic N) is 4. The van der Waals surface area contributed by atoms with Gasteiger partial charge >= 0.3 is 0 Å². The van der Waals surface area contributed by atoms with E-state index in [0.717, 1.165) is 54.8 Å². The van der Waals surface area contributed by atoms with Crippen LogP contribution in [0.5, 0.6) is 5.75 Å². The minimum absolute atomic E-state index is 0.139. The third-order valence-electron chi connectivity index (χ3n) is 7.78. The molecular formula is C31H32ClN5O2S. The Bertz CT molecular complexity index is 1520. The first-order valence-corrected chi connectivity index (χ1v) is 14.2. The molecule has 4 heterocycles. The molecule has 6 rings (SSSR count). The van der Waals surface area contributed by atoms with Gasteiger partial charge in [0.15, 0.2) is 5.11 Å². The lowest BCUT2D eigenvalue weighted by Crippen LogP contribution is -2.36. The Morgan fingerprint density at radius 1 is 0.975 bits per heavy atom. The number of nitrogens with one attached hydrogen (secondary N) is 1. The van der Waals surface area contributed by atoms with E-state index < -0.39 is 0 Å². The molecule has 9 heteroatoms. The Morgan fingerprint density at radius 2 is 1.70 bits per heavy atom. The quantitative estimate of drug-likeness (QED) is 0.277. The van der Waals surface area contributed by atoms with Crippen molar-refractivity contribution in [1.29, 1.82) is 0 Å². The van der Waals surface area contributed by atoms with Gasteiger partial charge in [0.2, 0.25) is 0 Å². The number of morpholine rings is 1. The molecule has 2 aromatic heterocycles. The summed E-state index contributed by atoms with van der Waals surface area (Å²) in [4.78, 5) is 9.22. The van der Waals surface area contributed by atoms with Crippen molar-refractivity contribution in [3.63, 3.8) is 0 Å². The Labute approximate surface area is 245 Å². The SMILES string of the molecule is COc1ccc(N2C(=S)N[C@H](c3ccccn3)[C@@H]2c2cc(C)n(-c3ccc(N4CCOCC4)cc3)c2C)cc1Cl. The number of hydrogen-bond acceptors (Lipinski definition) is 5. The topological polar surface area (TPSA) is 54.8 Å². The van der Waals surface area contributed by atoms with Gasteiger partial charge in [-0.1, -0.05) is 17.7 Å². The Kier molecular flexibility index (Phi) is 7.40. The van der Waals surface area contributed by atoms with Crippen molar-refractivity contribution >= 4 is 40.3 Å². The minimum atomic E-state index is -0.146. The van der Waals surface area contributed by atoms with Crippen LogP contribution in [0.1, 0.15) is 34.7 Å². The van der Waals surface area contributed by atoms with Crippen molar-refractivity contribution in [2.24, 2.45) is 0 Å². The van der Waals surface area contributed by atoms with Gasteiger partial charge < -0.3 is 29.2 Å². The molecule has 0 radical (unpaired) electrons. The van der Waals surface area contributed by atoms with E-state index in [4.69, 9.17) is 38.3 Å². The Hall–Kier alpha value is -3.59. The summed E-state index contributed by atoms with van der Waals surface area (Å²) in [7, 11) is 1.62.